The van der Waals surface area contributed by atoms with E-state index in [9.17, 15) is 12.8 Å². The van der Waals surface area contributed by atoms with E-state index in [0.717, 1.165) is 37.7 Å². The van der Waals surface area contributed by atoms with Crippen molar-refractivity contribution in [2.24, 2.45) is 0 Å². The van der Waals surface area contributed by atoms with Crippen molar-refractivity contribution in [2.45, 2.75) is 30.8 Å². The summed E-state index contributed by atoms with van der Waals surface area (Å²) in [5.41, 5.74) is 1.82. The van der Waals surface area contributed by atoms with Gasteiger partial charge in [0, 0.05) is 31.6 Å². The molecule has 1 N–H and O–H groups in total. The normalized spacial score (nSPS) is 15.9. The average molecular weight is 378 g/mol. The molecule has 0 spiro atoms. The number of benzene rings is 2. The molecule has 1 aliphatic rings. The molecule has 1 aliphatic heterocycles. The van der Waals surface area contributed by atoms with Crippen molar-refractivity contribution in [3.63, 3.8) is 0 Å². The maximum absolute atomic E-state index is 13.4. The molecule has 0 unspecified atom stereocenters. The summed E-state index contributed by atoms with van der Waals surface area (Å²) in [6.45, 7) is 3.37. The van der Waals surface area contributed by atoms with Crippen molar-refractivity contribution in [3.05, 3.63) is 53.8 Å². The Morgan fingerprint density at radius 1 is 1.12 bits per heavy atom. The molecule has 0 bridgehead atoms. The highest BCUT2D eigenvalue weighted by Gasteiger charge is 2.19. The van der Waals surface area contributed by atoms with Gasteiger partial charge in [0.2, 0.25) is 0 Å². The second kappa shape index (κ2) is 7.63. The van der Waals surface area contributed by atoms with Gasteiger partial charge in [-0.2, -0.15) is 0 Å². The number of nitrogens with zero attached hydrogens (tertiary/aromatic N) is 1. The van der Waals surface area contributed by atoms with Crippen LogP contribution in [0.5, 0.6) is 0 Å². The predicted octanol–water partition coefficient (Wildman–Crippen LogP) is 3.55. The molecule has 26 heavy (non-hydrogen) atoms. The number of anilines is 2. The van der Waals surface area contributed by atoms with E-state index in [1.165, 1.54) is 19.1 Å². The number of piperidine rings is 1. The molecule has 3 rings (SSSR count). The summed E-state index contributed by atoms with van der Waals surface area (Å²) in [4.78, 5) is 2.30. The summed E-state index contributed by atoms with van der Waals surface area (Å²) in [6, 6.07) is 11.0. The molecule has 1 saturated heterocycles. The lowest BCUT2D eigenvalue weighted by Gasteiger charge is -2.33. The van der Waals surface area contributed by atoms with Crippen LogP contribution in [0.2, 0.25) is 0 Å². The highest BCUT2D eigenvalue weighted by Crippen LogP contribution is 2.24. The Balaban J connectivity index is 1.70. The summed E-state index contributed by atoms with van der Waals surface area (Å²) >= 11 is 0. The second-order valence-corrected chi connectivity index (χ2v) is 8.17. The van der Waals surface area contributed by atoms with Gasteiger partial charge in [-0.05, 0) is 67.8 Å². The Hall–Kier alpha value is -2.12. The van der Waals surface area contributed by atoms with Crippen molar-refractivity contribution < 1.29 is 17.5 Å². The van der Waals surface area contributed by atoms with Crippen molar-refractivity contribution >= 4 is 21.4 Å². The Bertz CT molecular complexity index is 861. The first-order valence-corrected chi connectivity index (χ1v) is 10.0. The molecule has 1 heterocycles. The van der Waals surface area contributed by atoms with Gasteiger partial charge < -0.3 is 9.64 Å². The number of rotatable bonds is 5. The van der Waals surface area contributed by atoms with Gasteiger partial charge in [0.05, 0.1) is 11.0 Å². The second-order valence-electron chi connectivity index (χ2n) is 6.49. The molecular weight excluding hydrogens is 355 g/mol. The van der Waals surface area contributed by atoms with Crippen LogP contribution in [0.4, 0.5) is 15.8 Å². The number of halogens is 1. The third kappa shape index (κ3) is 4.16. The molecule has 0 amide bonds. The van der Waals surface area contributed by atoms with Crippen LogP contribution in [0, 0.1) is 12.7 Å². The van der Waals surface area contributed by atoms with Gasteiger partial charge in [-0.3, -0.25) is 4.72 Å². The Labute approximate surface area is 153 Å². The average Bonchev–Trinajstić information content (AvgIpc) is 2.64. The van der Waals surface area contributed by atoms with Gasteiger partial charge in [-0.1, -0.05) is 0 Å². The van der Waals surface area contributed by atoms with Crippen molar-refractivity contribution in [1.29, 1.82) is 0 Å². The first-order chi connectivity index (χ1) is 12.4. The molecule has 2 aromatic rings. The first-order valence-electron chi connectivity index (χ1n) is 8.56. The maximum Gasteiger partial charge on any atom is 0.261 e. The fraction of sp³-hybridized carbons (Fsp3) is 0.368. The van der Waals surface area contributed by atoms with Gasteiger partial charge in [-0.15, -0.1) is 0 Å². The molecule has 0 aliphatic carbocycles. The number of nitrogens with one attached hydrogen (secondary N) is 1. The van der Waals surface area contributed by atoms with Crippen LogP contribution in [0.1, 0.15) is 18.4 Å². The molecule has 7 heteroatoms. The maximum atomic E-state index is 13.4. The number of methoxy groups -OCH3 is 1. The molecule has 0 saturated carbocycles. The lowest BCUT2D eigenvalue weighted by molar-refractivity contribution is 0.0819. The van der Waals surface area contributed by atoms with Crippen LogP contribution in [-0.2, 0) is 14.8 Å². The van der Waals surface area contributed by atoms with Crippen LogP contribution in [0.15, 0.2) is 47.4 Å². The van der Waals surface area contributed by atoms with Crippen molar-refractivity contribution in [3.8, 4) is 0 Å². The number of hydrogen-bond acceptors (Lipinski definition) is 4. The van der Waals surface area contributed by atoms with Crippen molar-refractivity contribution in [2.75, 3.05) is 29.8 Å². The predicted molar refractivity (Wildman–Crippen MR) is 101 cm³/mol. The van der Waals surface area contributed by atoms with Gasteiger partial charge in [0.1, 0.15) is 5.82 Å². The summed E-state index contributed by atoms with van der Waals surface area (Å²) in [6.07, 6.45) is 2.28. The van der Waals surface area contributed by atoms with Gasteiger partial charge in [-0.25, -0.2) is 12.8 Å². The highest BCUT2D eigenvalue weighted by atomic mass is 32.2. The molecule has 0 radical (unpaired) electrons. The monoisotopic (exact) mass is 378 g/mol. The van der Waals surface area contributed by atoms with E-state index >= 15 is 0 Å². The van der Waals surface area contributed by atoms with Crippen molar-refractivity contribution in [1.82, 2.24) is 0 Å². The fourth-order valence-electron chi connectivity index (χ4n) is 3.09. The number of hydrogen-bond donors (Lipinski definition) is 1. The van der Waals surface area contributed by atoms with E-state index in [0.29, 0.717) is 17.4 Å². The van der Waals surface area contributed by atoms with Crippen LogP contribution in [0.25, 0.3) is 0 Å². The first kappa shape index (κ1) is 18.7. The van der Waals surface area contributed by atoms with Crippen LogP contribution < -0.4 is 9.62 Å². The van der Waals surface area contributed by atoms with E-state index in [4.69, 9.17) is 4.74 Å². The zero-order valence-electron chi connectivity index (χ0n) is 14.9. The largest absolute Gasteiger partial charge is 0.381 e. The summed E-state index contributed by atoms with van der Waals surface area (Å²) in [5.74, 6) is -0.425. The number of aryl methyl sites for hydroxylation is 1. The summed E-state index contributed by atoms with van der Waals surface area (Å²) in [5, 5.41) is 0. The minimum absolute atomic E-state index is 0.0436. The number of sulfonamides is 1. The molecule has 1 fully saturated rings. The van der Waals surface area contributed by atoms with E-state index < -0.39 is 15.8 Å². The Morgan fingerprint density at radius 2 is 1.77 bits per heavy atom. The van der Waals surface area contributed by atoms with E-state index in [2.05, 4.69) is 9.62 Å². The summed E-state index contributed by atoms with van der Waals surface area (Å²) in [7, 11) is -2.01. The summed E-state index contributed by atoms with van der Waals surface area (Å²) < 4.78 is 46.2. The van der Waals surface area contributed by atoms with Gasteiger partial charge >= 0.3 is 0 Å². The zero-order valence-corrected chi connectivity index (χ0v) is 15.7. The van der Waals surface area contributed by atoms with E-state index in [1.807, 2.05) is 12.1 Å². The molecular formula is C19H23FN2O3S. The smallest absolute Gasteiger partial charge is 0.261 e. The van der Waals surface area contributed by atoms with Crippen LogP contribution in [-0.4, -0.2) is 34.7 Å². The number of ether oxygens (including phenoxy) is 1. The Morgan fingerprint density at radius 3 is 2.35 bits per heavy atom. The third-order valence-electron chi connectivity index (χ3n) is 4.70. The van der Waals surface area contributed by atoms with E-state index in [1.54, 1.807) is 19.2 Å². The quantitative estimate of drug-likeness (QED) is 0.864. The van der Waals surface area contributed by atoms with Gasteiger partial charge in [0.25, 0.3) is 10.0 Å². The SMILES string of the molecule is COC1CCN(c2ccc(NS(=O)(=O)c3ccc(F)c(C)c3)cc2)CC1. The third-order valence-corrected chi connectivity index (χ3v) is 6.08. The standard InChI is InChI=1S/C19H23FN2O3S/c1-14-13-18(7-8-19(14)20)26(23,24)21-15-3-5-16(6-4-15)22-11-9-17(25-2)10-12-22/h3-8,13,17,21H,9-12H2,1-2H3. The molecule has 140 valence electrons. The van der Waals surface area contributed by atoms with Crippen LogP contribution >= 0.6 is 0 Å². The zero-order chi connectivity index (χ0) is 18.7. The molecule has 2 aromatic carbocycles. The lowest BCUT2D eigenvalue weighted by atomic mass is 10.1. The van der Waals surface area contributed by atoms with Gasteiger partial charge in [0.15, 0.2) is 0 Å². The van der Waals surface area contributed by atoms with E-state index in [-0.39, 0.29) is 4.90 Å². The molecule has 0 atom stereocenters. The lowest BCUT2D eigenvalue weighted by Crippen LogP contribution is -2.36. The topological polar surface area (TPSA) is 58.6 Å². The molecule has 5 nitrogen and oxygen atoms in total. The minimum atomic E-state index is -3.75. The minimum Gasteiger partial charge on any atom is -0.381 e. The molecule has 0 aromatic heterocycles. The van der Waals surface area contributed by atoms with Crippen LogP contribution in [0.3, 0.4) is 0 Å². The fourth-order valence-corrected chi connectivity index (χ4v) is 4.23. The Kier molecular flexibility index (Phi) is 5.48. The highest BCUT2D eigenvalue weighted by molar-refractivity contribution is 7.92.